The molecule has 1 aromatic carbocycles. The van der Waals surface area contributed by atoms with Crippen LogP contribution in [0, 0.1) is 0 Å². The van der Waals surface area contributed by atoms with Gasteiger partial charge >= 0.3 is 0 Å². The van der Waals surface area contributed by atoms with Crippen molar-refractivity contribution in [3.63, 3.8) is 0 Å². The molecule has 178 valence electrons. The Morgan fingerprint density at radius 1 is 1.03 bits per heavy atom. The van der Waals surface area contributed by atoms with E-state index in [9.17, 15) is 9.59 Å². The summed E-state index contributed by atoms with van der Waals surface area (Å²) in [6.45, 7) is 3.69. The van der Waals surface area contributed by atoms with Gasteiger partial charge in [-0.3, -0.25) is 14.9 Å². The van der Waals surface area contributed by atoms with Crippen LogP contribution in [0.2, 0.25) is 0 Å². The average Bonchev–Trinajstić information content (AvgIpc) is 3.21. The first-order valence-electron chi connectivity index (χ1n) is 11.2. The van der Waals surface area contributed by atoms with Crippen LogP contribution in [0.15, 0.2) is 60.0 Å². The highest BCUT2D eigenvalue weighted by atomic mass is 32.2. The number of carbonyl (C=O) groups excluding carboxylic acids is 2. The maximum Gasteiger partial charge on any atom is 0.290 e. The minimum absolute atomic E-state index is 0.324. The Morgan fingerprint density at radius 2 is 1.74 bits per heavy atom. The van der Waals surface area contributed by atoms with Crippen LogP contribution in [0.3, 0.4) is 0 Å². The van der Waals surface area contributed by atoms with Gasteiger partial charge in [0.15, 0.2) is 0 Å². The summed E-state index contributed by atoms with van der Waals surface area (Å²) in [5.74, 6) is 0.922. The number of carbonyl (C=O) groups is 2. The second-order valence-electron chi connectivity index (χ2n) is 8.22. The zero-order chi connectivity index (χ0) is 24.2. The summed E-state index contributed by atoms with van der Waals surface area (Å²) in [7, 11) is 1.98. The number of rotatable bonds is 6. The molecule has 5 rings (SSSR count). The van der Waals surface area contributed by atoms with Crippen LogP contribution in [0.1, 0.15) is 11.3 Å². The van der Waals surface area contributed by atoms with Crippen molar-refractivity contribution in [2.45, 2.75) is 6.54 Å². The molecule has 35 heavy (non-hydrogen) atoms. The third-order valence-electron chi connectivity index (χ3n) is 5.77. The number of thioether (sulfide) groups is 1. The van der Waals surface area contributed by atoms with Crippen molar-refractivity contribution in [2.24, 2.45) is 0 Å². The summed E-state index contributed by atoms with van der Waals surface area (Å²) in [6.07, 6.45) is 6.80. The molecule has 4 heterocycles. The standard InChI is InChI=1S/C24H24N8O2S/c1-30(15-17-5-3-2-4-6-17)21-12-18(11-20-22(33)29-24(34)35-20)27-23(28-21)32-9-7-31(8-10-32)19-13-25-16-26-14-19/h2-6,11-14,16H,7-10,15H2,1H3,(H,29,33,34)/b20-11+. The largest absolute Gasteiger partial charge is 0.365 e. The van der Waals surface area contributed by atoms with Crippen molar-refractivity contribution in [1.82, 2.24) is 25.3 Å². The Hall–Kier alpha value is -3.99. The first kappa shape index (κ1) is 22.8. The third-order valence-corrected chi connectivity index (χ3v) is 6.58. The molecule has 3 aromatic rings. The Labute approximate surface area is 207 Å². The van der Waals surface area contributed by atoms with E-state index in [1.165, 1.54) is 6.33 Å². The van der Waals surface area contributed by atoms with E-state index in [0.29, 0.717) is 23.1 Å². The molecule has 0 radical (unpaired) electrons. The number of imide groups is 1. The number of nitrogens with zero attached hydrogens (tertiary/aromatic N) is 7. The molecule has 0 aliphatic carbocycles. The molecule has 0 unspecified atom stereocenters. The molecule has 1 N–H and O–H groups in total. The van der Waals surface area contributed by atoms with Gasteiger partial charge in [-0.05, 0) is 23.4 Å². The Balaban J connectivity index is 1.41. The maximum atomic E-state index is 12.1. The van der Waals surface area contributed by atoms with Gasteiger partial charge in [0.2, 0.25) is 5.95 Å². The fourth-order valence-electron chi connectivity index (χ4n) is 3.96. The van der Waals surface area contributed by atoms with E-state index in [1.807, 2.05) is 48.6 Å². The normalized spacial score (nSPS) is 17.1. The van der Waals surface area contributed by atoms with Crippen molar-refractivity contribution in [3.8, 4) is 0 Å². The number of aromatic nitrogens is 4. The molecule has 2 fully saturated rings. The predicted octanol–water partition coefficient (Wildman–Crippen LogP) is 2.55. The SMILES string of the molecule is CN(Cc1ccccc1)c1cc(/C=C2/SC(=O)NC2=O)nc(N2CCN(c3cncnc3)CC2)n1. The number of benzene rings is 1. The van der Waals surface area contributed by atoms with Crippen molar-refractivity contribution >= 4 is 46.4 Å². The van der Waals surface area contributed by atoms with Gasteiger partial charge in [-0.25, -0.2) is 15.0 Å². The summed E-state index contributed by atoms with van der Waals surface area (Å²) in [4.78, 5) is 48.3. The van der Waals surface area contributed by atoms with Crippen LogP contribution in [0.25, 0.3) is 6.08 Å². The van der Waals surface area contributed by atoms with E-state index in [-0.39, 0.29) is 5.24 Å². The minimum Gasteiger partial charge on any atom is -0.365 e. The minimum atomic E-state index is -0.405. The van der Waals surface area contributed by atoms with Gasteiger partial charge in [0.25, 0.3) is 11.1 Å². The van der Waals surface area contributed by atoms with E-state index in [4.69, 9.17) is 9.97 Å². The molecule has 2 amide bonds. The second kappa shape index (κ2) is 10.1. The highest BCUT2D eigenvalue weighted by molar-refractivity contribution is 8.18. The summed E-state index contributed by atoms with van der Waals surface area (Å²) in [5, 5.41) is 1.92. The summed E-state index contributed by atoms with van der Waals surface area (Å²) in [5.41, 5.74) is 2.73. The Kier molecular flexibility index (Phi) is 6.57. The average molecular weight is 489 g/mol. The molecular formula is C24H24N8O2S. The van der Waals surface area contributed by atoms with Crippen LogP contribution in [-0.2, 0) is 11.3 Å². The number of hydrogen-bond acceptors (Lipinski definition) is 10. The molecule has 11 heteroatoms. The van der Waals surface area contributed by atoms with Gasteiger partial charge in [0.05, 0.1) is 28.7 Å². The zero-order valence-corrected chi connectivity index (χ0v) is 20.0. The lowest BCUT2D eigenvalue weighted by molar-refractivity contribution is -0.115. The molecule has 2 aromatic heterocycles. The van der Waals surface area contributed by atoms with E-state index < -0.39 is 5.91 Å². The number of nitrogens with one attached hydrogen (secondary N) is 1. The van der Waals surface area contributed by atoms with Crippen molar-refractivity contribution in [1.29, 1.82) is 0 Å². The van der Waals surface area contributed by atoms with Crippen molar-refractivity contribution < 1.29 is 9.59 Å². The molecule has 2 saturated heterocycles. The summed E-state index contributed by atoms with van der Waals surface area (Å²) in [6, 6.07) is 12.0. The van der Waals surface area contributed by atoms with Crippen molar-refractivity contribution in [3.05, 3.63) is 71.3 Å². The molecular weight excluding hydrogens is 464 g/mol. The van der Waals surface area contributed by atoms with Gasteiger partial charge in [-0.1, -0.05) is 30.3 Å². The number of anilines is 3. The van der Waals surface area contributed by atoms with E-state index in [0.717, 1.165) is 55.0 Å². The molecule has 10 nitrogen and oxygen atoms in total. The fraction of sp³-hybridized carbons (Fsp3) is 0.250. The van der Waals surface area contributed by atoms with Gasteiger partial charge in [0, 0.05) is 45.8 Å². The van der Waals surface area contributed by atoms with Crippen LogP contribution < -0.4 is 20.0 Å². The first-order valence-corrected chi connectivity index (χ1v) is 12.0. The predicted molar refractivity (Wildman–Crippen MR) is 136 cm³/mol. The van der Waals surface area contributed by atoms with Gasteiger partial charge in [0.1, 0.15) is 12.1 Å². The Bertz CT molecular complexity index is 1250. The van der Waals surface area contributed by atoms with Crippen LogP contribution >= 0.6 is 11.8 Å². The topological polar surface area (TPSA) is 107 Å². The molecule has 0 atom stereocenters. The van der Waals surface area contributed by atoms with Crippen LogP contribution in [-0.4, -0.2) is 64.3 Å². The lowest BCUT2D eigenvalue weighted by Crippen LogP contribution is -2.47. The highest BCUT2D eigenvalue weighted by Crippen LogP contribution is 2.27. The molecule has 2 aliphatic heterocycles. The quantitative estimate of drug-likeness (QED) is 0.520. The second-order valence-corrected chi connectivity index (χ2v) is 9.23. The van der Waals surface area contributed by atoms with Crippen LogP contribution in [0.4, 0.5) is 22.2 Å². The smallest absolute Gasteiger partial charge is 0.290 e. The van der Waals surface area contributed by atoms with E-state index in [1.54, 1.807) is 6.08 Å². The number of amides is 2. The first-order chi connectivity index (χ1) is 17.0. The maximum absolute atomic E-state index is 12.1. The molecule has 0 bridgehead atoms. The number of hydrogen-bond donors (Lipinski definition) is 1. The Morgan fingerprint density at radius 3 is 2.43 bits per heavy atom. The molecule has 0 saturated carbocycles. The lowest BCUT2D eigenvalue weighted by Gasteiger charge is -2.36. The molecule has 2 aliphatic rings. The fourth-order valence-corrected chi connectivity index (χ4v) is 4.63. The third kappa shape index (κ3) is 5.40. The lowest BCUT2D eigenvalue weighted by atomic mass is 10.2. The number of piperazine rings is 1. The summed E-state index contributed by atoms with van der Waals surface area (Å²) >= 11 is 0.880. The summed E-state index contributed by atoms with van der Waals surface area (Å²) < 4.78 is 0. The monoisotopic (exact) mass is 488 g/mol. The highest BCUT2D eigenvalue weighted by Gasteiger charge is 2.26. The van der Waals surface area contributed by atoms with Gasteiger partial charge in [-0.15, -0.1) is 0 Å². The van der Waals surface area contributed by atoms with E-state index in [2.05, 4.69) is 37.2 Å². The van der Waals surface area contributed by atoms with Gasteiger partial charge in [-0.2, -0.15) is 4.98 Å². The van der Waals surface area contributed by atoms with Gasteiger partial charge < -0.3 is 14.7 Å². The molecule has 0 spiro atoms. The van der Waals surface area contributed by atoms with Crippen LogP contribution in [0.5, 0.6) is 0 Å². The van der Waals surface area contributed by atoms with Crippen molar-refractivity contribution in [2.75, 3.05) is 47.9 Å². The van der Waals surface area contributed by atoms with E-state index >= 15 is 0 Å². The zero-order valence-electron chi connectivity index (χ0n) is 19.2.